The van der Waals surface area contributed by atoms with Gasteiger partial charge in [0.15, 0.2) is 0 Å². The summed E-state index contributed by atoms with van der Waals surface area (Å²) in [5.41, 5.74) is 3.96. The van der Waals surface area contributed by atoms with Crippen LogP contribution in [0.25, 0.3) is 0 Å². The summed E-state index contributed by atoms with van der Waals surface area (Å²) in [5, 5.41) is 10.9. The van der Waals surface area contributed by atoms with Crippen molar-refractivity contribution in [1.82, 2.24) is 4.98 Å². The van der Waals surface area contributed by atoms with Crippen molar-refractivity contribution in [2.24, 2.45) is 0 Å². The molecule has 0 saturated heterocycles. The third-order valence-electron chi connectivity index (χ3n) is 3.95. The topological polar surface area (TPSA) is 33.1 Å². The standard InChI is InChI=1S/C16H17NO/c1-12-7-9-17-11-15(12)16(18)8-6-13-4-2-3-5-14(13)10-16/h2-5,7,9,11,18H,6,8,10H2,1H3. The molecule has 1 unspecified atom stereocenters. The Kier molecular flexibility index (Phi) is 2.67. The molecule has 0 bridgehead atoms. The van der Waals surface area contributed by atoms with Crippen molar-refractivity contribution in [1.29, 1.82) is 0 Å². The van der Waals surface area contributed by atoms with E-state index in [1.807, 2.05) is 25.3 Å². The van der Waals surface area contributed by atoms with Crippen LogP contribution >= 0.6 is 0 Å². The Bertz CT molecular complexity index is 579. The van der Waals surface area contributed by atoms with Crippen LogP contribution in [0.4, 0.5) is 0 Å². The lowest BCUT2D eigenvalue weighted by molar-refractivity contribution is 0.0213. The Morgan fingerprint density at radius 1 is 1.17 bits per heavy atom. The number of aryl methyl sites for hydroxylation is 2. The van der Waals surface area contributed by atoms with E-state index in [1.54, 1.807) is 6.20 Å². The van der Waals surface area contributed by atoms with Gasteiger partial charge in [-0.25, -0.2) is 0 Å². The Morgan fingerprint density at radius 3 is 2.72 bits per heavy atom. The van der Waals surface area contributed by atoms with Crippen molar-refractivity contribution >= 4 is 0 Å². The Balaban J connectivity index is 2.02. The van der Waals surface area contributed by atoms with Crippen LogP contribution in [-0.2, 0) is 18.4 Å². The van der Waals surface area contributed by atoms with Gasteiger partial charge in [0, 0.05) is 24.4 Å². The molecule has 92 valence electrons. The van der Waals surface area contributed by atoms with Gasteiger partial charge < -0.3 is 5.11 Å². The third-order valence-corrected chi connectivity index (χ3v) is 3.95. The average molecular weight is 239 g/mol. The number of aliphatic hydroxyl groups is 1. The average Bonchev–Trinajstić information content (AvgIpc) is 2.39. The lowest BCUT2D eigenvalue weighted by Crippen LogP contribution is -2.34. The molecule has 2 aromatic rings. The predicted molar refractivity (Wildman–Crippen MR) is 71.3 cm³/mol. The number of rotatable bonds is 1. The number of aromatic nitrogens is 1. The molecule has 0 spiro atoms. The Hall–Kier alpha value is -1.67. The van der Waals surface area contributed by atoms with Crippen molar-refractivity contribution in [2.75, 3.05) is 0 Å². The lowest BCUT2D eigenvalue weighted by Gasteiger charge is -2.34. The molecule has 1 atom stereocenters. The highest BCUT2D eigenvalue weighted by atomic mass is 16.3. The van der Waals surface area contributed by atoms with Crippen LogP contribution in [0.3, 0.4) is 0 Å². The molecule has 18 heavy (non-hydrogen) atoms. The zero-order chi connectivity index (χ0) is 12.6. The first-order chi connectivity index (χ1) is 8.69. The highest BCUT2D eigenvalue weighted by molar-refractivity contribution is 5.37. The molecule has 1 N–H and O–H groups in total. The molecule has 1 aliphatic carbocycles. The molecule has 0 fully saturated rings. The van der Waals surface area contributed by atoms with Crippen LogP contribution in [0.1, 0.15) is 28.7 Å². The molecule has 1 heterocycles. The molecular weight excluding hydrogens is 222 g/mol. The van der Waals surface area contributed by atoms with E-state index in [1.165, 1.54) is 11.1 Å². The molecule has 0 radical (unpaired) electrons. The minimum atomic E-state index is -0.757. The minimum absolute atomic E-state index is 0.690. The van der Waals surface area contributed by atoms with Gasteiger partial charge in [-0.1, -0.05) is 24.3 Å². The maximum absolute atomic E-state index is 10.9. The van der Waals surface area contributed by atoms with Gasteiger partial charge in [0.25, 0.3) is 0 Å². The minimum Gasteiger partial charge on any atom is -0.385 e. The normalized spacial score (nSPS) is 22.6. The van der Waals surface area contributed by atoms with Gasteiger partial charge in [-0.05, 0) is 42.5 Å². The molecule has 2 nitrogen and oxygen atoms in total. The van der Waals surface area contributed by atoms with Gasteiger partial charge >= 0.3 is 0 Å². The number of nitrogens with zero attached hydrogens (tertiary/aromatic N) is 1. The van der Waals surface area contributed by atoms with Crippen LogP contribution in [0.15, 0.2) is 42.7 Å². The van der Waals surface area contributed by atoms with E-state index < -0.39 is 5.60 Å². The van der Waals surface area contributed by atoms with E-state index in [4.69, 9.17) is 0 Å². The van der Waals surface area contributed by atoms with Crippen molar-refractivity contribution in [3.05, 3.63) is 65.0 Å². The first kappa shape index (κ1) is 11.4. The largest absolute Gasteiger partial charge is 0.385 e. The summed E-state index contributed by atoms with van der Waals surface area (Å²) >= 11 is 0. The van der Waals surface area contributed by atoms with Crippen molar-refractivity contribution in [2.45, 2.75) is 31.8 Å². The smallest absolute Gasteiger partial charge is 0.0957 e. The van der Waals surface area contributed by atoms with Gasteiger partial charge in [-0.2, -0.15) is 0 Å². The monoisotopic (exact) mass is 239 g/mol. The highest BCUT2D eigenvalue weighted by Gasteiger charge is 2.34. The highest BCUT2D eigenvalue weighted by Crippen LogP contribution is 2.37. The van der Waals surface area contributed by atoms with E-state index in [9.17, 15) is 5.11 Å². The second-order valence-corrected chi connectivity index (χ2v) is 5.17. The van der Waals surface area contributed by atoms with Crippen LogP contribution in [0.2, 0.25) is 0 Å². The molecule has 1 aromatic carbocycles. The van der Waals surface area contributed by atoms with Crippen LogP contribution in [-0.4, -0.2) is 10.1 Å². The number of hydrogen-bond acceptors (Lipinski definition) is 2. The number of pyridine rings is 1. The van der Waals surface area contributed by atoms with Gasteiger partial charge in [-0.3, -0.25) is 4.98 Å². The fourth-order valence-electron chi connectivity index (χ4n) is 2.90. The van der Waals surface area contributed by atoms with Crippen LogP contribution in [0, 0.1) is 6.92 Å². The van der Waals surface area contributed by atoms with Crippen molar-refractivity contribution in [3.63, 3.8) is 0 Å². The van der Waals surface area contributed by atoms with Gasteiger partial charge in [0.1, 0.15) is 0 Å². The summed E-state index contributed by atoms with van der Waals surface area (Å²) in [7, 11) is 0. The molecule has 0 aliphatic heterocycles. The molecule has 1 aromatic heterocycles. The molecule has 2 heteroatoms. The zero-order valence-corrected chi connectivity index (χ0v) is 10.6. The van der Waals surface area contributed by atoms with Gasteiger partial charge in [0.05, 0.1) is 5.60 Å². The fourth-order valence-corrected chi connectivity index (χ4v) is 2.90. The van der Waals surface area contributed by atoms with Crippen molar-refractivity contribution < 1.29 is 5.11 Å². The molecule has 3 rings (SSSR count). The summed E-state index contributed by atoms with van der Waals surface area (Å²) in [5.74, 6) is 0. The molecule has 0 saturated carbocycles. The summed E-state index contributed by atoms with van der Waals surface area (Å²) < 4.78 is 0. The fraction of sp³-hybridized carbons (Fsp3) is 0.312. The third kappa shape index (κ3) is 1.83. The van der Waals surface area contributed by atoms with Crippen LogP contribution in [0.5, 0.6) is 0 Å². The van der Waals surface area contributed by atoms with E-state index >= 15 is 0 Å². The maximum atomic E-state index is 10.9. The van der Waals surface area contributed by atoms with E-state index in [0.29, 0.717) is 6.42 Å². The van der Waals surface area contributed by atoms with E-state index in [0.717, 1.165) is 24.0 Å². The van der Waals surface area contributed by atoms with E-state index in [2.05, 4.69) is 23.2 Å². The molecule has 1 aliphatic rings. The second-order valence-electron chi connectivity index (χ2n) is 5.17. The molecular formula is C16H17NO. The summed E-state index contributed by atoms with van der Waals surface area (Å²) in [4.78, 5) is 4.16. The zero-order valence-electron chi connectivity index (χ0n) is 10.6. The van der Waals surface area contributed by atoms with Crippen LogP contribution < -0.4 is 0 Å². The van der Waals surface area contributed by atoms with Gasteiger partial charge in [0.2, 0.25) is 0 Å². The maximum Gasteiger partial charge on any atom is 0.0957 e. The summed E-state index contributed by atoms with van der Waals surface area (Å²) in [6.07, 6.45) is 5.98. The molecule has 0 amide bonds. The lowest BCUT2D eigenvalue weighted by atomic mass is 9.76. The summed E-state index contributed by atoms with van der Waals surface area (Å²) in [6.45, 7) is 2.04. The number of benzene rings is 1. The second kappa shape index (κ2) is 4.21. The quantitative estimate of drug-likeness (QED) is 0.830. The van der Waals surface area contributed by atoms with Gasteiger partial charge in [-0.15, -0.1) is 0 Å². The van der Waals surface area contributed by atoms with Crippen molar-refractivity contribution in [3.8, 4) is 0 Å². The first-order valence-corrected chi connectivity index (χ1v) is 6.39. The SMILES string of the molecule is Cc1ccncc1C1(O)CCc2ccccc2C1. The number of fused-ring (bicyclic) bond motifs is 1. The Labute approximate surface area is 107 Å². The predicted octanol–water partition coefficient (Wildman–Crippen LogP) is 2.77. The number of hydrogen-bond donors (Lipinski definition) is 1. The first-order valence-electron chi connectivity index (χ1n) is 6.39. The summed E-state index contributed by atoms with van der Waals surface area (Å²) in [6, 6.07) is 10.4. The Morgan fingerprint density at radius 2 is 1.94 bits per heavy atom. The van der Waals surface area contributed by atoms with E-state index in [-0.39, 0.29) is 0 Å².